The molecule has 5 nitrogen and oxygen atoms in total. The van der Waals surface area contributed by atoms with Gasteiger partial charge >= 0.3 is 0 Å². The van der Waals surface area contributed by atoms with Crippen molar-refractivity contribution in [2.45, 2.75) is 160 Å². The van der Waals surface area contributed by atoms with Crippen molar-refractivity contribution in [3.63, 3.8) is 0 Å². The Kier molecular flexibility index (Phi) is 21.9. The fourth-order valence-corrected chi connectivity index (χ4v) is 7.96. The van der Waals surface area contributed by atoms with Gasteiger partial charge in [0.2, 0.25) is 11.8 Å². The summed E-state index contributed by atoms with van der Waals surface area (Å²) in [7, 11) is 0. The highest BCUT2D eigenvalue weighted by molar-refractivity contribution is 5.94. The summed E-state index contributed by atoms with van der Waals surface area (Å²) in [5.41, 5.74) is 10.4. The van der Waals surface area contributed by atoms with Crippen molar-refractivity contribution < 1.29 is 14.4 Å². The van der Waals surface area contributed by atoms with Gasteiger partial charge in [-0.3, -0.25) is 14.4 Å². The van der Waals surface area contributed by atoms with Gasteiger partial charge in [0.05, 0.1) is 0 Å². The van der Waals surface area contributed by atoms with Crippen molar-refractivity contribution in [2.75, 3.05) is 13.1 Å². The van der Waals surface area contributed by atoms with E-state index in [1.807, 2.05) is 38.2 Å². The zero-order chi connectivity index (χ0) is 42.4. The van der Waals surface area contributed by atoms with Gasteiger partial charge in [-0.05, 0) is 139 Å². The summed E-state index contributed by atoms with van der Waals surface area (Å²) in [5.74, 6) is -0.630. The Bertz CT molecular complexity index is 1680. The molecule has 0 saturated heterocycles. The van der Waals surface area contributed by atoms with Crippen LogP contribution in [-0.4, -0.2) is 30.7 Å². The molecule has 2 rings (SSSR count). The van der Waals surface area contributed by atoms with Crippen molar-refractivity contribution in [3.05, 3.63) is 117 Å². The van der Waals surface area contributed by atoms with Crippen LogP contribution in [0, 0.1) is 16.7 Å². The summed E-state index contributed by atoms with van der Waals surface area (Å²) < 4.78 is 0. The van der Waals surface area contributed by atoms with Crippen LogP contribution in [0.15, 0.2) is 117 Å². The molecule has 1 atom stereocenters. The first-order chi connectivity index (χ1) is 26.9. The number of amides is 2. The van der Waals surface area contributed by atoms with Crippen LogP contribution in [0.2, 0.25) is 0 Å². The minimum atomic E-state index is -0.398. The summed E-state index contributed by atoms with van der Waals surface area (Å²) in [6.45, 7) is 25.2. The Labute approximate surface area is 348 Å². The topological polar surface area (TPSA) is 75.3 Å². The predicted molar refractivity (Wildman–Crippen MR) is 245 cm³/mol. The number of hydrogen-bond donors (Lipinski definition) is 2. The zero-order valence-corrected chi connectivity index (χ0v) is 37.8. The van der Waals surface area contributed by atoms with E-state index in [-0.39, 0.29) is 34.8 Å². The number of rotatable bonds is 22. The van der Waals surface area contributed by atoms with Gasteiger partial charge in [0, 0.05) is 31.5 Å². The minimum Gasteiger partial charge on any atom is -0.356 e. The second-order valence-corrected chi connectivity index (χ2v) is 18.0. The maximum atomic E-state index is 13.2. The molecule has 2 aliphatic rings. The number of nitrogens with one attached hydrogen (secondary N) is 2. The van der Waals surface area contributed by atoms with E-state index in [2.05, 4.69) is 109 Å². The molecule has 0 aromatic rings. The van der Waals surface area contributed by atoms with Crippen molar-refractivity contribution in [2.24, 2.45) is 16.7 Å². The first-order valence-electron chi connectivity index (χ1n) is 21.9. The van der Waals surface area contributed by atoms with Gasteiger partial charge in [-0.2, -0.15) is 0 Å². The van der Waals surface area contributed by atoms with E-state index in [1.54, 1.807) is 12.2 Å². The maximum absolute atomic E-state index is 13.2. The van der Waals surface area contributed by atoms with Crippen molar-refractivity contribution in [3.8, 4) is 0 Å². The normalized spacial score (nSPS) is 19.1. The summed E-state index contributed by atoms with van der Waals surface area (Å²) in [5, 5.41) is 6.04. The molecule has 0 spiro atoms. The smallest absolute Gasteiger partial charge is 0.244 e. The molecule has 0 fully saturated rings. The standard InChI is InChI=1S/C52H78N2O3/c1-12-13-15-35-54-50(57)45(38-46(55)36-41(4)23-17-21-39(2)28-30-47-43(6)25-19-32-51(47,8)9)27-14-16-34-53-49(56)37-42(5)24-18-22-40(3)29-31-48-44(7)26-20-33-52(48,10)11/h17-18,21-24,28-31,36-37,45H,12-16,19-20,25-27,32-35,38H2,1-11H3,(H,53,56)(H,54,57)/b23-17+,24-18+,30-28+,31-29+,39-21+,40-22+,41-36+,42-37+. The number of carbonyl (C=O) groups excluding carboxylic acids is 3. The Morgan fingerprint density at radius 1 is 0.649 bits per heavy atom. The molecule has 2 N–H and O–H groups in total. The van der Waals surface area contributed by atoms with Crippen molar-refractivity contribution in [1.82, 2.24) is 10.6 Å². The van der Waals surface area contributed by atoms with Crippen LogP contribution in [0.5, 0.6) is 0 Å². The highest BCUT2D eigenvalue weighted by Crippen LogP contribution is 2.41. The Hall–Kier alpha value is -3.99. The van der Waals surface area contributed by atoms with Crippen molar-refractivity contribution >= 4 is 17.6 Å². The van der Waals surface area contributed by atoms with Gasteiger partial charge in [-0.1, -0.05) is 137 Å². The molecular weight excluding hydrogens is 701 g/mol. The zero-order valence-electron chi connectivity index (χ0n) is 37.8. The Morgan fingerprint density at radius 3 is 1.65 bits per heavy atom. The van der Waals surface area contributed by atoms with Crippen LogP contribution in [0.3, 0.4) is 0 Å². The van der Waals surface area contributed by atoms with Crippen LogP contribution in [0.1, 0.15) is 160 Å². The molecule has 0 aliphatic heterocycles. The number of hydrogen-bond acceptors (Lipinski definition) is 3. The monoisotopic (exact) mass is 779 g/mol. The summed E-state index contributed by atoms with van der Waals surface area (Å²) in [4.78, 5) is 38.9. The van der Waals surface area contributed by atoms with E-state index in [0.717, 1.165) is 54.4 Å². The molecule has 57 heavy (non-hydrogen) atoms. The van der Waals surface area contributed by atoms with Crippen LogP contribution >= 0.6 is 0 Å². The molecule has 0 saturated carbocycles. The van der Waals surface area contributed by atoms with Gasteiger partial charge in [-0.25, -0.2) is 0 Å². The SMILES string of the molecule is CCCCCNC(=O)C(CCCCNC(=O)/C=C(C)/C=C/C=C(C)/C=C/C1=C(C)CCCC1(C)C)CC(=O)/C=C(C)/C=C/C=C(C)/C=C/C1=C(C)CCCC1(C)C. The van der Waals surface area contributed by atoms with Crippen molar-refractivity contribution in [1.29, 1.82) is 0 Å². The first-order valence-corrected chi connectivity index (χ1v) is 21.9. The third kappa shape index (κ3) is 19.3. The lowest BCUT2D eigenvalue weighted by molar-refractivity contribution is -0.128. The molecule has 2 amide bonds. The first kappa shape index (κ1) is 49.2. The van der Waals surface area contributed by atoms with Gasteiger partial charge < -0.3 is 10.6 Å². The molecular formula is C52H78N2O3. The maximum Gasteiger partial charge on any atom is 0.244 e. The fraction of sp³-hybridized carbons (Fsp3) is 0.558. The number of carbonyl (C=O) groups is 3. The average molecular weight is 779 g/mol. The van der Waals surface area contributed by atoms with Gasteiger partial charge in [0.1, 0.15) is 0 Å². The largest absolute Gasteiger partial charge is 0.356 e. The predicted octanol–water partition coefficient (Wildman–Crippen LogP) is 13.2. The molecule has 0 heterocycles. The molecule has 0 aromatic heterocycles. The highest BCUT2D eigenvalue weighted by atomic mass is 16.2. The summed E-state index contributed by atoms with van der Waals surface area (Å²) in [6.07, 6.45) is 36.8. The second-order valence-electron chi connectivity index (χ2n) is 18.0. The summed E-state index contributed by atoms with van der Waals surface area (Å²) >= 11 is 0. The second kappa shape index (κ2) is 25.4. The molecule has 314 valence electrons. The van der Waals surface area contributed by atoms with Gasteiger partial charge in [-0.15, -0.1) is 0 Å². The molecule has 0 radical (unpaired) electrons. The third-order valence-corrected chi connectivity index (χ3v) is 11.5. The highest BCUT2D eigenvalue weighted by Gasteiger charge is 2.27. The number of allylic oxidation sites excluding steroid dienone is 19. The Balaban J connectivity index is 1.90. The van der Waals surface area contributed by atoms with E-state index < -0.39 is 5.92 Å². The lowest BCUT2D eigenvalue weighted by Crippen LogP contribution is -2.33. The minimum absolute atomic E-state index is 0.0444. The van der Waals surface area contributed by atoms with E-state index in [1.165, 1.54) is 60.8 Å². The van der Waals surface area contributed by atoms with E-state index in [4.69, 9.17) is 0 Å². The summed E-state index contributed by atoms with van der Waals surface area (Å²) in [6, 6.07) is 0. The lowest BCUT2D eigenvalue weighted by Gasteiger charge is -2.33. The van der Waals surface area contributed by atoms with Crippen LogP contribution in [0.4, 0.5) is 0 Å². The van der Waals surface area contributed by atoms with E-state index >= 15 is 0 Å². The molecule has 2 aliphatic carbocycles. The molecule has 1 unspecified atom stereocenters. The van der Waals surface area contributed by atoms with E-state index in [0.29, 0.717) is 19.5 Å². The molecule has 5 heteroatoms. The quantitative estimate of drug-likeness (QED) is 0.0653. The van der Waals surface area contributed by atoms with Crippen LogP contribution in [-0.2, 0) is 14.4 Å². The van der Waals surface area contributed by atoms with Gasteiger partial charge in [0.25, 0.3) is 0 Å². The average Bonchev–Trinajstić information content (AvgIpc) is 3.11. The lowest BCUT2D eigenvalue weighted by atomic mass is 9.72. The Morgan fingerprint density at radius 2 is 1.14 bits per heavy atom. The number of unbranched alkanes of at least 4 members (excludes halogenated alkanes) is 3. The third-order valence-electron chi connectivity index (χ3n) is 11.5. The van der Waals surface area contributed by atoms with Gasteiger partial charge in [0.15, 0.2) is 5.78 Å². The van der Waals surface area contributed by atoms with Crippen LogP contribution in [0.25, 0.3) is 0 Å². The number of ketones is 1. The van der Waals surface area contributed by atoms with E-state index in [9.17, 15) is 14.4 Å². The molecule has 0 aromatic carbocycles. The fourth-order valence-electron chi connectivity index (χ4n) is 7.96. The van der Waals surface area contributed by atoms with Crippen LogP contribution < -0.4 is 10.6 Å². The molecule has 0 bridgehead atoms.